The monoisotopic (exact) mass is 297 g/mol. The number of carbonyl (C=O) groups is 1. The zero-order valence-corrected chi connectivity index (χ0v) is 9.47. The van der Waals surface area contributed by atoms with Crippen molar-refractivity contribution < 1.29 is 23.1 Å². The molecule has 1 aromatic heterocycles. The predicted octanol–water partition coefficient (Wildman–Crippen LogP) is 2.68. The van der Waals surface area contributed by atoms with Gasteiger partial charge in [0.25, 0.3) is 6.43 Å². The fourth-order valence-corrected chi connectivity index (χ4v) is 1.72. The average Bonchev–Trinajstić information content (AvgIpc) is 2.19. The van der Waals surface area contributed by atoms with Gasteiger partial charge in [0, 0.05) is 22.7 Å². The van der Waals surface area contributed by atoms with Crippen LogP contribution in [0.2, 0.25) is 0 Å². The predicted molar refractivity (Wildman–Crippen MR) is 53.1 cm³/mol. The summed E-state index contributed by atoms with van der Waals surface area (Å²) >= 11 is 2.87. The smallest absolute Gasteiger partial charge is 0.307 e. The second-order valence-electron chi connectivity index (χ2n) is 2.97. The van der Waals surface area contributed by atoms with Gasteiger partial charge in [-0.25, -0.2) is 13.2 Å². The van der Waals surface area contributed by atoms with Gasteiger partial charge in [0.05, 0.1) is 6.42 Å². The molecule has 0 fully saturated rings. The summed E-state index contributed by atoms with van der Waals surface area (Å²) in [5.41, 5.74) is -1.16. The molecule has 7 heteroatoms. The first kappa shape index (κ1) is 13.0. The molecule has 1 rings (SSSR count). The van der Waals surface area contributed by atoms with E-state index in [0.29, 0.717) is 0 Å². The number of nitrogens with zero attached hydrogens (tertiary/aromatic N) is 1. The van der Waals surface area contributed by atoms with Gasteiger partial charge in [0.2, 0.25) is 0 Å². The minimum atomic E-state index is -2.89. The summed E-state index contributed by atoms with van der Waals surface area (Å²) in [6.45, 7) is 0. The fourth-order valence-electron chi connectivity index (χ4n) is 1.19. The van der Waals surface area contributed by atoms with Crippen LogP contribution in [0.3, 0.4) is 0 Å². The molecule has 0 saturated heterocycles. The van der Waals surface area contributed by atoms with Gasteiger partial charge < -0.3 is 5.11 Å². The number of pyridine rings is 1. The molecule has 1 N–H and O–H groups in total. The van der Waals surface area contributed by atoms with Crippen LogP contribution in [0.15, 0.2) is 6.20 Å². The van der Waals surface area contributed by atoms with Crippen molar-refractivity contribution in [2.75, 3.05) is 0 Å². The number of halogens is 4. The number of alkyl halides is 3. The van der Waals surface area contributed by atoms with E-state index in [1.807, 2.05) is 0 Å². The lowest BCUT2D eigenvalue weighted by atomic mass is 10.1. The Bertz CT molecular complexity index is 412. The first-order chi connectivity index (χ1) is 7.47. The third-order valence-electron chi connectivity index (χ3n) is 1.90. The van der Waals surface area contributed by atoms with Crippen LogP contribution in [0.1, 0.15) is 23.2 Å². The van der Waals surface area contributed by atoms with Crippen LogP contribution in [0.25, 0.3) is 0 Å². The molecule has 0 spiro atoms. The van der Waals surface area contributed by atoms with E-state index >= 15 is 0 Å². The van der Waals surface area contributed by atoms with Crippen LogP contribution in [-0.2, 0) is 16.5 Å². The van der Waals surface area contributed by atoms with Crippen molar-refractivity contribution in [3.05, 3.63) is 28.8 Å². The van der Waals surface area contributed by atoms with Crippen LogP contribution >= 0.6 is 15.9 Å². The molecule has 1 heterocycles. The van der Waals surface area contributed by atoms with E-state index < -0.39 is 30.3 Å². The Morgan fingerprint density at radius 2 is 2.19 bits per heavy atom. The van der Waals surface area contributed by atoms with Gasteiger partial charge in [-0.05, 0) is 0 Å². The summed E-state index contributed by atoms with van der Waals surface area (Å²) in [5.74, 6) is -2.18. The van der Waals surface area contributed by atoms with Crippen molar-refractivity contribution in [3.8, 4) is 0 Å². The van der Waals surface area contributed by atoms with Crippen molar-refractivity contribution >= 4 is 21.9 Å². The number of aliphatic carboxylic acids is 1. The van der Waals surface area contributed by atoms with Crippen LogP contribution in [-0.4, -0.2) is 16.1 Å². The second-order valence-corrected chi connectivity index (χ2v) is 3.53. The van der Waals surface area contributed by atoms with Gasteiger partial charge in [-0.3, -0.25) is 9.78 Å². The first-order valence-corrected chi connectivity index (χ1v) is 5.31. The molecule has 0 atom stereocenters. The van der Waals surface area contributed by atoms with Crippen LogP contribution in [0, 0.1) is 5.82 Å². The Balaban J connectivity index is 3.23. The van der Waals surface area contributed by atoms with Gasteiger partial charge in [0.15, 0.2) is 0 Å². The summed E-state index contributed by atoms with van der Waals surface area (Å²) < 4.78 is 38.4. The van der Waals surface area contributed by atoms with Crippen LogP contribution < -0.4 is 0 Å². The first-order valence-electron chi connectivity index (χ1n) is 4.19. The highest BCUT2D eigenvalue weighted by Gasteiger charge is 2.21. The molecule has 0 aromatic carbocycles. The van der Waals surface area contributed by atoms with Crippen molar-refractivity contribution in [1.29, 1.82) is 0 Å². The van der Waals surface area contributed by atoms with Gasteiger partial charge >= 0.3 is 5.97 Å². The molecule has 1 aromatic rings. The third-order valence-corrected chi connectivity index (χ3v) is 2.46. The Labute approximate surface area is 97.4 Å². The van der Waals surface area contributed by atoms with Gasteiger partial charge in [0.1, 0.15) is 11.5 Å². The third kappa shape index (κ3) is 2.72. The fraction of sp³-hybridized carbons (Fsp3) is 0.333. The molecule has 88 valence electrons. The summed E-state index contributed by atoms with van der Waals surface area (Å²) in [7, 11) is 0. The summed E-state index contributed by atoms with van der Waals surface area (Å²) in [4.78, 5) is 13.8. The highest BCUT2D eigenvalue weighted by molar-refractivity contribution is 9.08. The maximum absolute atomic E-state index is 13.6. The Hall–Kier alpha value is -1.11. The minimum Gasteiger partial charge on any atom is -0.481 e. The Morgan fingerprint density at radius 1 is 1.56 bits per heavy atom. The minimum absolute atomic E-state index is 0.140. The molecular formula is C9H7BrF3NO2. The second kappa shape index (κ2) is 5.29. The number of aromatic nitrogens is 1. The van der Waals surface area contributed by atoms with Crippen molar-refractivity contribution in [2.45, 2.75) is 18.2 Å². The number of carboxylic acids is 1. The topological polar surface area (TPSA) is 50.2 Å². The zero-order chi connectivity index (χ0) is 12.3. The van der Waals surface area contributed by atoms with Crippen LogP contribution in [0.4, 0.5) is 13.2 Å². The van der Waals surface area contributed by atoms with E-state index in [4.69, 9.17) is 5.11 Å². The van der Waals surface area contributed by atoms with E-state index in [9.17, 15) is 18.0 Å². The zero-order valence-electron chi connectivity index (χ0n) is 7.88. The number of carboxylic acid groups (broad SMARTS) is 1. The molecule has 0 aliphatic heterocycles. The standard InChI is InChI=1S/C9H7BrF3NO2/c10-2-5-7(11)4(1-6(15)16)3-14-8(5)9(12)13/h3,9H,1-2H2,(H,15,16). The van der Waals surface area contributed by atoms with Crippen molar-refractivity contribution in [3.63, 3.8) is 0 Å². The molecule has 0 aliphatic carbocycles. The summed E-state index contributed by atoms with van der Waals surface area (Å²) in [6, 6.07) is 0. The molecule has 0 radical (unpaired) electrons. The maximum Gasteiger partial charge on any atom is 0.307 e. The number of rotatable bonds is 4. The SMILES string of the molecule is O=C(O)Cc1cnc(C(F)F)c(CBr)c1F. The Morgan fingerprint density at radius 3 is 2.62 bits per heavy atom. The Kier molecular flexibility index (Phi) is 4.28. The lowest BCUT2D eigenvalue weighted by Gasteiger charge is -2.09. The molecule has 0 unspecified atom stereocenters. The summed E-state index contributed by atoms with van der Waals surface area (Å²) in [5, 5.41) is 8.34. The van der Waals surface area contributed by atoms with E-state index in [2.05, 4.69) is 20.9 Å². The molecule has 0 saturated carbocycles. The van der Waals surface area contributed by atoms with Gasteiger partial charge in [-0.2, -0.15) is 0 Å². The lowest BCUT2D eigenvalue weighted by molar-refractivity contribution is -0.136. The normalized spacial score (nSPS) is 10.8. The van der Waals surface area contributed by atoms with E-state index in [0.717, 1.165) is 6.20 Å². The largest absolute Gasteiger partial charge is 0.481 e. The van der Waals surface area contributed by atoms with E-state index in [-0.39, 0.29) is 16.5 Å². The van der Waals surface area contributed by atoms with E-state index in [1.165, 1.54) is 0 Å². The van der Waals surface area contributed by atoms with E-state index in [1.54, 1.807) is 0 Å². The lowest BCUT2D eigenvalue weighted by Crippen LogP contribution is -2.08. The van der Waals surface area contributed by atoms with Crippen molar-refractivity contribution in [1.82, 2.24) is 4.98 Å². The quantitative estimate of drug-likeness (QED) is 0.869. The summed E-state index contributed by atoms with van der Waals surface area (Å²) in [6.07, 6.45) is -2.64. The maximum atomic E-state index is 13.6. The van der Waals surface area contributed by atoms with Gasteiger partial charge in [-0.15, -0.1) is 0 Å². The molecule has 0 amide bonds. The average molecular weight is 298 g/mol. The van der Waals surface area contributed by atoms with Crippen molar-refractivity contribution in [2.24, 2.45) is 0 Å². The highest BCUT2D eigenvalue weighted by atomic mass is 79.9. The molecular weight excluding hydrogens is 291 g/mol. The number of hydrogen-bond donors (Lipinski definition) is 1. The molecule has 0 aliphatic rings. The number of hydrogen-bond acceptors (Lipinski definition) is 2. The molecule has 3 nitrogen and oxygen atoms in total. The van der Waals surface area contributed by atoms with Gasteiger partial charge in [-0.1, -0.05) is 15.9 Å². The molecule has 16 heavy (non-hydrogen) atoms. The highest BCUT2D eigenvalue weighted by Crippen LogP contribution is 2.26. The molecule has 0 bridgehead atoms. The van der Waals surface area contributed by atoms with Crippen LogP contribution in [0.5, 0.6) is 0 Å².